The third kappa shape index (κ3) is 2.31. The van der Waals surface area contributed by atoms with E-state index in [0.717, 1.165) is 37.8 Å². The van der Waals surface area contributed by atoms with Crippen LogP contribution in [0.4, 0.5) is 11.6 Å². The number of aromatic nitrogens is 3. The molecule has 3 aromatic rings. The van der Waals surface area contributed by atoms with Crippen LogP contribution in [0.25, 0.3) is 10.1 Å². The van der Waals surface area contributed by atoms with E-state index in [1.807, 2.05) is 6.07 Å². The summed E-state index contributed by atoms with van der Waals surface area (Å²) in [5.74, 6) is 2.13. The summed E-state index contributed by atoms with van der Waals surface area (Å²) in [6.45, 7) is 3.86. The van der Waals surface area contributed by atoms with Gasteiger partial charge in [-0.1, -0.05) is 12.1 Å². The molecule has 0 N–H and O–H groups in total. The molecule has 1 saturated heterocycles. The molecular weight excluding hydrogens is 282 g/mol. The lowest BCUT2D eigenvalue weighted by atomic mass is 10.2. The molecule has 0 radical (unpaired) electrons. The maximum Gasteiger partial charge on any atom is 0.150 e. The fourth-order valence-electron chi connectivity index (χ4n) is 2.72. The number of benzene rings is 1. The zero-order valence-electron chi connectivity index (χ0n) is 11.5. The van der Waals surface area contributed by atoms with Crippen molar-refractivity contribution in [3.05, 3.63) is 42.9 Å². The van der Waals surface area contributed by atoms with Crippen molar-refractivity contribution in [3.8, 4) is 0 Å². The third-order valence-corrected chi connectivity index (χ3v) is 4.64. The average molecular weight is 297 g/mol. The Hall–Kier alpha value is -2.21. The molecule has 4 rings (SSSR count). The monoisotopic (exact) mass is 297 g/mol. The first-order valence-electron chi connectivity index (χ1n) is 7.02. The van der Waals surface area contributed by atoms with Crippen LogP contribution in [0.5, 0.6) is 0 Å². The predicted octanol–water partition coefficient (Wildman–Crippen LogP) is 2.41. The molecule has 2 aromatic heterocycles. The number of nitrogens with zero attached hydrogens (tertiary/aromatic N) is 5. The Morgan fingerprint density at radius 2 is 1.76 bits per heavy atom. The summed E-state index contributed by atoms with van der Waals surface area (Å²) < 4.78 is 5.90. The predicted molar refractivity (Wildman–Crippen MR) is 86.1 cm³/mol. The van der Waals surface area contributed by atoms with Crippen LogP contribution in [0.2, 0.25) is 0 Å². The maximum absolute atomic E-state index is 4.64. The minimum Gasteiger partial charge on any atom is -0.353 e. The van der Waals surface area contributed by atoms with E-state index in [9.17, 15) is 0 Å². The molecule has 0 atom stereocenters. The quantitative estimate of drug-likeness (QED) is 0.727. The summed E-state index contributed by atoms with van der Waals surface area (Å²) >= 11 is 1.58. The molecule has 0 unspecified atom stereocenters. The van der Waals surface area contributed by atoms with Crippen molar-refractivity contribution in [2.75, 3.05) is 36.0 Å². The first-order valence-corrected chi connectivity index (χ1v) is 7.79. The highest BCUT2D eigenvalue weighted by molar-refractivity contribution is 7.13. The Balaban J connectivity index is 1.53. The Bertz CT molecular complexity index is 734. The summed E-state index contributed by atoms with van der Waals surface area (Å²) in [6, 6.07) is 10.4. The first kappa shape index (κ1) is 12.5. The highest BCUT2D eigenvalue weighted by Crippen LogP contribution is 2.30. The zero-order valence-corrected chi connectivity index (χ0v) is 12.3. The van der Waals surface area contributed by atoms with E-state index in [4.69, 9.17) is 0 Å². The molecule has 0 bridgehead atoms. The van der Waals surface area contributed by atoms with Gasteiger partial charge in [0.25, 0.3) is 0 Å². The van der Waals surface area contributed by atoms with Gasteiger partial charge < -0.3 is 9.80 Å². The number of fused-ring (bicyclic) bond motifs is 1. The van der Waals surface area contributed by atoms with E-state index in [1.54, 1.807) is 24.1 Å². The fraction of sp³-hybridized carbons (Fsp3) is 0.267. The molecule has 0 amide bonds. The molecule has 0 spiro atoms. The van der Waals surface area contributed by atoms with Gasteiger partial charge in [-0.2, -0.15) is 4.37 Å². The number of hydrogen-bond acceptors (Lipinski definition) is 6. The van der Waals surface area contributed by atoms with Gasteiger partial charge in [0.15, 0.2) is 0 Å². The van der Waals surface area contributed by atoms with Crippen LogP contribution < -0.4 is 9.80 Å². The Labute approximate surface area is 127 Å². The maximum atomic E-state index is 4.64. The second-order valence-corrected chi connectivity index (χ2v) is 5.85. The topological polar surface area (TPSA) is 45.2 Å². The lowest BCUT2D eigenvalue weighted by Crippen LogP contribution is -2.47. The van der Waals surface area contributed by atoms with Crippen LogP contribution in [0.15, 0.2) is 42.9 Å². The molecule has 0 aliphatic carbocycles. The van der Waals surface area contributed by atoms with Crippen LogP contribution in [0.1, 0.15) is 0 Å². The second kappa shape index (κ2) is 5.29. The van der Waals surface area contributed by atoms with Gasteiger partial charge in [0.1, 0.15) is 18.0 Å². The minimum absolute atomic E-state index is 0.961. The van der Waals surface area contributed by atoms with E-state index in [-0.39, 0.29) is 0 Å². The molecule has 106 valence electrons. The largest absolute Gasteiger partial charge is 0.353 e. The summed E-state index contributed by atoms with van der Waals surface area (Å²) in [7, 11) is 0. The molecule has 5 nitrogen and oxygen atoms in total. The zero-order chi connectivity index (χ0) is 14.1. The Kier molecular flexibility index (Phi) is 3.16. The third-order valence-electron chi connectivity index (χ3n) is 3.83. The van der Waals surface area contributed by atoms with Crippen molar-refractivity contribution < 1.29 is 0 Å². The fourth-order valence-corrected chi connectivity index (χ4v) is 3.51. The lowest BCUT2D eigenvalue weighted by Gasteiger charge is -2.35. The van der Waals surface area contributed by atoms with E-state index < -0.39 is 0 Å². The van der Waals surface area contributed by atoms with Crippen molar-refractivity contribution in [1.29, 1.82) is 0 Å². The molecular formula is C15H15N5S. The van der Waals surface area contributed by atoms with Gasteiger partial charge in [0.05, 0.1) is 4.70 Å². The van der Waals surface area contributed by atoms with Crippen molar-refractivity contribution in [1.82, 2.24) is 14.3 Å². The molecule has 6 heteroatoms. The normalized spacial score (nSPS) is 15.6. The summed E-state index contributed by atoms with van der Waals surface area (Å²) in [5.41, 5.74) is 0. The summed E-state index contributed by atoms with van der Waals surface area (Å²) in [6.07, 6.45) is 3.40. The van der Waals surface area contributed by atoms with E-state index in [2.05, 4.69) is 48.4 Å². The molecule has 3 heterocycles. The standard InChI is InChI=1S/C15H15N5S/c1-2-4-13-12(3-1)15(18-21-13)20-9-7-19(8-10-20)14-5-6-16-11-17-14/h1-6,11H,7-10H2. The van der Waals surface area contributed by atoms with Crippen molar-refractivity contribution in [2.24, 2.45) is 0 Å². The van der Waals surface area contributed by atoms with Gasteiger partial charge in [-0.25, -0.2) is 9.97 Å². The van der Waals surface area contributed by atoms with Crippen LogP contribution in [-0.2, 0) is 0 Å². The lowest BCUT2D eigenvalue weighted by molar-refractivity contribution is 0.644. The SMILES string of the molecule is c1ccc2c(N3CCN(c4ccncn4)CC3)nsc2c1. The number of rotatable bonds is 2. The van der Waals surface area contributed by atoms with E-state index in [1.165, 1.54) is 10.1 Å². The van der Waals surface area contributed by atoms with Crippen molar-refractivity contribution in [3.63, 3.8) is 0 Å². The minimum atomic E-state index is 0.961. The molecule has 1 aliphatic heterocycles. The Morgan fingerprint density at radius 1 is 0.952 bits per heavy atom. The van der Waals surface area contributed by atoms with Crippen LogP contribution in [0, 0.1) is 0 Å². The van der Waals surface area contributed by atoms with Crippen molar-refractivity contribution in [2.45, 2.75) is 0 Å². The van der Waals surface area contributed by atoms with Crippen LogP contribution in [0.3, 0.4) is 0 Å². The molecule has 0 saturated carbocycles. The summed E-state index contributed by atoms with van der Waals surface area (Å²) in [5, 5.41) is 1.26. The van der Waals surface area contributed by atoms with Crippen LogP contribution >= 0.6 is 11.5 Å². The van der Waals surface area contributed by atoms with Gasteiger partial charge in [-0.3, -0.25) is 0 Å². The van der Waals surface area contributed by atoms with Gasteiger partial charge in [0, 0.05) is 37.8 Å². The van der Waals surface area contributed by atoms with E-state index in [0.29, 0.717) is 0 Å². The molecule has 1 fully saturated rings. The highest BCUT2D eigenvalue weighted by Gasteiger charge is 2.21. The van der Waals surface area contributed by atoms with E-state index >= 15 is 0 Å². The van der Waals surface area contributed by atoms with Gasteiger partial charge in [0.2, 0.25) is 0 Å². The highest BCUT2D eigenvalue weighted by atomic mass is 32.1. The number of hydrogen-bond donors (Lipinski definition) is 0. The average Bonchev–Trinajstić information content (AvgIpc) is 3.00. The first-order chi connectivity index (χ1) is 10.4. The molecule has 1 aromatic carbocycles. The van der Waals surface area contributed by atoms with Gasteiger partial charge >= 0.3 is 0 Å². The number of anilines is 2. The number of piperazine rings is 1. The Morgan fingerprint density at radius 3 is 2.57 bits per heavy atom. The smallest absolute Gasteiger partial charge is 0.150 e. The van der Waals surface area contributed by atoms with Gasteiger partial charge in [-0.05, 0) is 29.7 Å². The molecule has 21 heavy (non-hydrogen) atoms. The van der Waals surface area contributed by atoms with Gasteiger partial charge in [-0.15, -0.1) is 0 Å². The van der Waals surface area contributed by atoms with Crippen LogP contribution in [-0.4, -0.2) is 40.5 Å². The summed E-state index contributed by atoms with van der Waals surface area (Å²) in [4.78, 5) is 13.0. The molecule has 1 aliphatic rings. The van der Waals surface area contributed by atoms with Crippen molar-refractivity contribution >= 4 is 33.3 Å². The second-order valence-electron chi connectivity index (χ2n) is 5.04.